The van der Waals surface area contributed by atoms with Crippen LogP contribution in [0.5, 0.6) is 5.75 Å². The van der Waals surface area contributed by atoms with E-state index in [4.69, 9.17) is 4.74 Å². The number of ether oxygens (including phenoxy) is 1. The van der Waals surface area contributed by atoms with Crippen molar-refractivity contribution >= 4 is 17.7 Å². The van der Waals surface area contributed by atoms with Crippen LogP contribution in [-0.2, 0) is 0 Å². The van der Waals surface area contributed by atoms with Crippen LogP contribution in [0.4, 0.5) is 4.39 Å². The molecule has 2 N–H and O–H groups in total. The second-order valence-corrected chi connectivity index (χ2v) is 6.53. The number of H-pyrrole nitrogens is 1. The molecule has 1 aromatic heterocycles. The fourth-order valence-corrected chi connectivity index (χ4v) is 3.02. The number of aromatic amines is 1. The SMILES string of the molecule is COc1ccc(-c2cnc(SCCNC(=O)c3ccc(F)cc3)[nH]2)cc1. The van der Waals surface area contributed by atoms with Crippen LogP contribution in [0, 0.1) is 5.82 Å². The van der Waals surface area contributed by atoms with E-state index in [0.717, 1.165) is 22.2 Å². The molecule has 0 aliphatic heterocycles. The average Bonchev–Trinajstić information content (AvgIpc) is 3.14. The quantitative estimate of drug-likeness (QED) is 0.490. The summed E-state index contributed by atoms with van der Waals surface area (Å²) < 4.78 is 18.0. The van der Waals surface area contributed by atoms with E-state index in [-0.39, 0.29) is 11.7 Å². The van der Waals surface area contributed by atoms with Crippen molar-refractivity contribution in [2.24, 2.45) is 0 Å². The molecule has 1 heterocycles. The van der Waals surface area contributed by atoms with Crippen LogP contribution in [-0.4, -0.2) is 35.3 Å². The molecule has 0 spiro atoms. The molecule has 134 valence electrons. The van der Waals surface area contributed by atoms with Crippen molar-refractivity contribution < 1.29 is 13.9 Å². The second-order valence-electron chi connectivity index (χ2n) is 5.44. The summed E-state index contributed by atoms with van der Waals surface area (Å²) in [6, 6.07) is 13.2. The number of rotatable bonds is 7. The van der Waals surface area contributed by atoms with E-state index >= 15 is 0 Å². The van der Waals surface area contributed by atoms with Gasteiger partial charge < -0.3 is 15.0 Å². The summed E-state index contributed by atoms with van der Waals surface area (Å²) in [6.45, 7) is 0.486. The molecule has 0 saturated carbocycles. The number of amides is 1. The van der Waals surface area contributed by atoms with Crippen molar-refractivity contribution in [3.05, 3.63) is 66.1 Å². The predicted octanol–water partition coefficient (Wildman–Crippen LogP) is 3.75. The number of benzene rings is 2. The van der Waals surface area contributed by atoms with Gasteiger partial charge in [0.2, 0.25) is 0 Å². The number of carbonyl (C=O) groups excluding carboxylic acids is 1. The predicted molar refractivity (Wildman–Crippen MR) is 100 cm³/mol. The number of carbonyl (C=O) groups is 1. The molecular formula is C19H18FN3O2S. The highest BCUT2D eigenvalue weighted by molar-refractivity contribution is 7.99. The molecule has 5 nitrogen and oxygen atoms in total. The highest BCUT2D eigenvalue weighted by atomic mass is 32.2. The highest BCUT2D eigenvalue weighted by Gasteiger charge is 2.07. The maximum absolute atomic E-state index is 12.9. The minimum Gasteiger partial charge on any atom is -0.497 e. The molecule has 7 heteroatoms. The molecule has 0 aliphatic carbocycles. The zero-order chi connectivity index (χ0) is 18.4. The van der Waals surface area contributed by atoms with E-state index in [9.17, 15) is 9.18 Å². The van der Waals surface area contributed by atoms with Crippen molar-refractivity contribution in [2.75, 3.05) is 19.4 Å². The summed E-state index contributed by atoms with van der Waals surface area (Å²) in [5.41, 5.74) is 2.39. The van der Waals surface area contributed by atoms with Gasteiger partial charge in [-0.3, -0.25) is 4.79 Å². The Kier molecular flexibility index (Phi) is 5.91. The van der Waals surface area contributed by atoms with Crippen LogP contribution >= 0.6 is 11.8 Å². The van der Waals surface area contributed by atoms with Crippen LogP contribution in [0.15, 0.2) is 59.9 Å². The molecule has 0 fully saturated rings. The van der Waals surface area contributed by atoms with Gasteiger partial charge in [-0.15, -0.1) is 0 Å². The minimum atomic E-state index is -0.359. The highest BCUT2D eigenvalue weighted by Crippen LogP contribution is 2.23. The van der Waals surface area contributed by atoms with Gasteiger partial charge in [-0.1, -0.05) is 11.8 Å². The Hall–Kier alpha value is -2.80. The Morgan fingerprint density at radius 2 is 1.92 bits per heavy atom. The maximum Gasteiger partial charge on any atom is 0.251 e. The lowest BCUT2D eigenvalue weighted by molar-refractivity contribution is 0.0956. The number of methoxy groups -OCH3 is 1. The van der Waals surface area contributed by atoms with Gasteiger partial charge in [0.1, 0.15) is 11.6 Å². The van der Waals surface area contributed by atoms with Gasteiger partial charge in [0.05, 0.1) is 19.0 Å². The van der Waals surface area contributed by atoms with Crippen molar-refractivity contribution in [3.63, 3.8) is 0 Å². The summed E-state index contributed by atoms with van der Waals surface area (Å²) in [6.07, 6.45) is 1.78. The summed E-state index contributed by atoms with van der Waals surface area (Å²) in [4.78, 5) is 19.5. The van der Waals surface area contributed by atoms with E-state index < -0.39 is 0 Å². The van der Waals surface area contributed by atoms with Gasteiger partial charge in [0.25, 0.3) is 5.91 Å². The third kappa shape index (κ3) is 4.64. The number of thioether (sulfide) groups is 1. The van der Waals surface area contributed by atoms with Crippen LogP contribution in [0.2, 0.25) is 0 Å². The first-order chi connectivity index (χ1) is 12.7. The summed E-state index contributed by atoms with van der Waals surface area (Å²) in [5, 5.41) is 3.59. The van der Waals surface area contributed by atoms with E-state index in [0.29, 0.717) is 17.9 Å². The lowest BCUT2D eigenvalue weighted by atomic mass is 10.2. The van der Waals surface area contributed by atoms with Crippen molar-refractivity contribution in [1.29, 1.82) is 0 Å². The minimum absolute atomic E-state index is 0.219. The first-order valence-corrected chi connectivity index (χ1v) is 9.00. The number of halogens is 1. The Morgan fingerprint density at radius 1 is 1.19 bits per heavy atom. The fourth-order valence-electron chi connectivity index (χ4n) is 2.31. The van der Waals surface area contributed by atoms with Crippen LogP contribution in [0.25, 0.3) is 11.3 Å². The molecule has 0 aliphatic rings. The van der Waals surface area contributed by atoms with Crippen LogP contribution < -0.4 is 10.1 Å². The largest absolute Gasteiger partial charge is 0.497 e. The third-order valence-electron chi connectivity index (χ3n) is 3.69. The number of aromatic nitrogens is 2. The Bertz CT molecular complexity index is 863. The summed E-state index contributed by atoms with van der Waals surface area (Å²) >= 11 is 1.52. The molecule has 3 aromatic rings. The number of hydrogen-bond donors (Lipinski definition) is 2. The molecule has 0 unspecified atom stereocenters. The van der Waals surface area contributed by atoms with Crippen molar-refractivity contribution in [3.8, 4) is 17.0 Å². The monoisotopic (exact) mass is 371 g/mol. The Labute approximate surface area is 155 Å². The maximum atomic E-state index is 12.9. The smallest absolute Gasteiger partial charge is 0.251 e. The van der Waals surface area contributed by atoms with Gasteiger partial charge in [-0.2, -0.15) is 0 Å². The molecule has 0 bridgehead atoms. The van der Waals surface area contributed by atoms with E-state index in [1.165, 1.54) is 36.0 Å². The standard InChI is InChI=1S/C19H18FN3O2S/c1-25-16-8-4-13(5-9-16)17-12-22-19(23-17)26-11-10-21-18(24)14-2-6-15(20)7-3-14/h2-9,12H,10-11H2,1H3,(H,21,24)(H,22,23). The molecule has 3 rings (SSSR count). The molecule has 26 heavy (non-hydrogen) atoms. The molecule has 0 saturated heterocycles. The molecular weight excluding hydrogens is 353 g/mol. The van der Waals surface area contributed by atoms with Crippen molar-refractivity contribution in [1.82, 2.24) is 15.3 Å². The van der Waals surface area contributed by atoms with Gasteiger partial charge in [-0.25, -0.2) is 9.37 Å². The average molecular weight is 371 g/mol. The molecule has 1 amide bonds. The third-order valence-corrected chi connectivity index (χ3v) is 4.58. The van der Waals surface area contributed by atoms with E-state index in [1.807, 2.05) is 24.3 Å². The lowest BCUT2D eigenvalue weighted by Crippen LogP contribution is -2.25. The zero-order valence-corrected chi connectivity index (χ0v) is 15.0. The summed E-state index contributed by atoms with van der Waals surface area (Å²) in [5.74, 6) is 0.897. The van der Waals surface area contributed by atoms with Gasteiger partial charge >= 0.3 is 0 Å². The van der Waals surface area contributed by atoms with Gasteiger partial charge in [0, 0.05) is 17.9 Å². The second kappa shape index (κ2) is 8.53. The number of nitrogens with zero attached hydrogens (tertiary/aromatic N) is 1. The van der Waals surface area contributed by atoms with Crippen molar-refractivity contribution in [2.45, 2.75) is 5.16 Å². The van der Waals surface area contributed by atoms with Crippen LogP contribution in [0.3, 0.4) is 0 Å². The zero-order valence-electron chi connectivity index (χ0n) is 14.2. The number of imidazole rings is 1. The van der Waals surface area contributed by atoms with Gasteiger partial charge in [-0.05, 0) is 54.1 Å². The Morgan fingerprint density at radius 3 is 2.62 bits per heavy atom. The van der Waals surface area contributed by atoms with E-state index in [2.05, 4.69) is 15.3 Å². The van der Waals surface area contributed by atoms with E-state index in [1.54, 1.807) is 13.3 Å². The van der Waals surface area contributed by atoms with Crippen LogP contribution in [0.1, 0.15) is 10.4 Å². The molecule has 0 radical (unpaired) electrons. The molecule has 2 aromatic carbocycles. The topological polar surface area (TPSA) is 67.0 Å². The number of hydrogen-bond acceptors (Lipinski definition) is 4. The lowest BCUT2D eigenvalue weighted by Gasteiger charge is -2.04. The first-order valence-electron chi connectivity index (χ1n) is 8.02. The fraction of sp³-hybridized carbons (Fsp3) is 0.158. The van der Waals surface area contributed by atoms with Gasteiger partial charge in [0.15, 0.2) is 5.16 Å². The number of nitrogens with one attached hydrogen (secondary N) is 2. The first kappa shape index (κ1) is 18.0. The normalized spacial score (nSPS) is 10.5. The Balaban J connectivity index is 1.47. The summed E-state index contributed by atoms with van der Waals surface area (Å²) in [7, 11) is 1.63. The molecule has 0 atom stereocenters.